The third kappa shape index (κ3) is 17.8. The summed E-state index contributed by atoms with van der Waals surface area (Å²) in [5, 5.41) is 15.2. The number of rotatable bonds is 2. The van der Waals surface area contributed by atoms with Gasteiger partial charge in [0.1, 0.15) is 6.61 Å². The van der Waals surface area contributed by atoms with E-state index >= 15 is 0 Å². The Morgan fingerprint density at radius 3 is 1.86 bits per heavy atom. The van der Waals surface area contributed by atoms with Gasteiger partial charge in [-0.3, -0.25) is 5.26 Å². The summed E-state index contributed by atoms with van der Waals surface area (Å²) in [6.45, 7) is -0.128. The quantitative estimate of drug-likeness (QED) is 0.316. The molecule has 2 N–H and O–H groups in total. The normalized spacial score (nSPS) is 6.00. The molecule has 0 saturated heterocycles. The molecule has 0 spiro atoms. The number of hydrogen-bond acceptors (Lipinski definition) is 3. The van der Waals surface area contributed by atoms with E-state index in [1.54, 1.807) is 0 Å². The molecule has 0 aliphatic heterocycles. The third-order valence-electron chi connectivity index (χ3n) is 0.183. The van der Waals surface area contributed by atoms with Crippen molar-refractivity contribution in [1.29, 1.82) is 0 Å². The largest absolute Gasteiger partial charge is 2.00 e. The third-order valence-corrected chi connectivity index (χ3v) is 0.183. The van der Waals surface area contributed by atoms with E-state index in [4.69, 9.17) is 10.4 Å². The number of hydrogen-bond donors (Lipinski definition) is 2. The topological polar surface area (TPSA) is 49.7 Å². The van der Waals surface area contributed by atoms with Crippen molar-refractivity contribution in [2.45, 2.75) is 0 Å². The van der Waals surface area contributed by atoms with Gasteiger partial charge in [-0.1, -0.05) is 0 Å². The Balaban J connectivity index is -0.00000000533. The fraction of sp³-hybridized carbons (Fsp3) is 1.00. The van der Waals surface area contributed by atoms with Crippen LogP contribution in [0.3, 0.4) is 0 Å². The maximum atomic E-state index is 7.78. The minimum atomic E-state index is -0.128. The summed E-state index contributed by atoms with van der Waals surface area (Å²) < 4.78 is 0. The van der Waals surface area contributed by atoms with Gasteiger partial charge in [0, 0.05) is 0 Å². The molecule has 0 aromatic rings. The van der Waals surface area contributed by atoms with E-state index in [1.165, 1.54) is 0 Å². The summed E-state index contributed by atoms with van der Waals surface area (Å²) in [7, 11) is 0. The predicted molar refractivity (Wildman–Crippen MR) is 31.6 cm³/mol. The van der Waals surface area contributed by atoms with Gasteiger partial charge in [0.2, 0.25) is 0 Å². The minimum Gasteiger partial charge on any atom is -1.00 e. The second kappa shape index (κ2) is 15.8. The fourth-order valence-electron chi connectivity index (χ4n) is 0.0408. The van der Waals surface area contributed by atoms with Crippen LogP contribution in [0.2, 0.25) is 0 Å². The zero-order valence-corrected chi connectivity index (χ0v) is 8.55. The van der Waals surface area contributed by atoms with Crippen LogP contribution in [0.25, 0.3) is 0 Å². The van der Waals surface area contributed by atoms with E-state index in [1.807, 2.05) is 0 Å². The molecule has 0 rings (SSSR count). The summed E-state index contributed by atoms with van der Waals surface area (Å²) >= 11 is 0. The maximum absolute atomic E-state index is 7.78. The molecule has 0 fully saturated rings. The van der Waals surface area contributed by atoms with Gasteiger partial charge in [-0.05, 0) is 0 Å². The van der Waals surface area contributed by atoms with Crippen LogP contribution in [0.4, 0.5) is 0 Å². The molecule has 7 heavy (non-hydrogen) atoms. The van der Waals surface area contributed by atoms with Crippen molar-refractivity contribution in [2.24, 2.45) is 0 Å². The molecule has 0 aromatic heterocycles. The van der Waals surface area contributed by atoms with Crippen molar-refractivity contribution in [3.8, 4) is 0 Å². The number of aliphatic hydroxyl groups excluding tert-OH is 1. The Kier molecular flexibility index (Phi) is 36.5. The monoisotopic (exact) mass is 162 g/mol. The van der Waals surface area contributed by atoms with Crippen molar-refractivity contribution in [1.82, 2.24) is 0 Å². The fourth-order valence-corrected chi connectivity index (χ4v) is 0.0408. The summed E-state index contributed by atoms with van der Waals surface area (Å²) in [5.74, 6) is 0. The molecule has 0 heterocycles. The van der Waals surface area contributed by atoms with Crippen LogP contribution in [0.5, 0.6) is 0 Å². The Bertz CT molecular complexity index is 28.8. The molecule has 0 atom stereocenters. The molecule has 0 amide bonds. The summed E-state index contributed by atoms with van der Waals surface area (Å²) in [5.41, 5.74) is 0. The Morgan fingerprint density at radius 2 is 1.86 bits per heavy atom. The van der Waals surface area contributed by atoms with Crippen molar-refractivity contribution < 1.29 is 21.0 Å². The number of aliphatic hydroxyl groups is 1. The van der Waals surface area contributed by atoms with Crippen molar-refractivity contribution >= 4 is 75.5 Å². The SMILES string of the molecule is OCCOO.[Ca+2].[Ca+2].[H-].[H-].[H-].[H-]. The first-order chi connectivity index (χ1) is 2.41. The Morgan fingerprint density at radius 1 is 1.43 bits per heavy atom. The Hall–Kier alpha value is 2.40. The molecule has 0 saturated carbocycles. The van der Waals surface area contributed by atoms with Crippen LogP contribution in [0.1, 0.15) is 5.71 Å². The molecule has 3 nitrogen and oxygen atoms in total. The van der Waals surface area contributed by atoms with Crippen LogP contribution < -0.4 is 0 Å². The van der Waals surface area contributed by atoms with Crippen LogP contribution in [-0.4, -0.2) is 99.1 Å². The van der Waals surface area contributed by atoms with Crippen molar-refractivity contribution in [2.75, 3.05) is 13.2 Å². The summed E-state index contributed by atoms with van der Waals surface area (Å²) in [6, 6.07) is 0. The molecular formula is C2H10Ca2O3. The Labute approximate surface area is 108 Å². The van der Waals surface area contributed by atoms with Gasteiger partial charge in [0.15, 0.2) is 0 Å². The van der Waals surface area contributed by atoms with E-state index in [-0.39, 0.29) is 94.4 Å². The first-order valence-corrected chi connectivity index (χ1v) is 1.29. The molecule has 0 radical (unpaired) electrons. The molecule has 0 bridgehead atoms. The van der Waals surface area contributed by atoms with E-state index in [9.17, 15) is 0 Å². The smallest absolute Gasteiger partial charge is 1.00 e. The zero-order valence-electron chi connectivity index (χ0n) is 8.13. The second-order valence-corrected chi connectivity index (χ2v) is 0.557. The average molecular weight is 162 g/mol. The molecule has 5 heteroatoms. The van der Waals surface area contributed by atoms with Gasteiger partial charge in [0.25, 0.3) is 0 Å². The first kappa shape index (κ1) is 16.2. The van der Waals surface area contributed by atoms with Gasteiger partial charge in [-0.25, -0.2) is 4.89 Å². The summed E-state index contributed by atoms with van der Waals surface area (Å²) in [4.78, 5) is 3.44. The molecule has 0 aliphatic rings. The zero-order chi connectivity index (χ0) is 4.12. The molecular weight excluding hydrogens is 152 g/mol. The molecule has 0 unspecified atom stereocenters. The van der Waals surface area contributed by atoms with Crippen LogP contribution in [-0.2, 0) is 4.89 Å². The standard InChI is InChI=1S/C2H6O3.2Ca.4H/c3-1-2-5-4;;;;;;/h3-4H,1-2H2;;;;;;/q;2*+2;4*-1. The van der Waals surface area contributed by atoms with Crippen LogP contribution in [0, 0.1) is 0 Å². The average Bonchev–Trinajstić information content (AvgIpc) is 1.41. The van der Waals surface area contributed by atoms with Gasteiger partial charge in [0.05, 0.1) is 6.61 Å². The molecule has 0 aliphatic carbocycles. The van der Waals surface area contributed by atoms with Gasteiger partial charge in [-0.2, -0.15) is 0 Å². The van der Waals surface area contributed by atoms with Gasteiger partial charge >= 0.3 is 75.5 Å². The van der Waals surface area contributed by atoms with Gasteiger partial charge < -0.3 is 10.8 Å². The predicted octanol–water partition coefficient (Wildman–Crippen LogP) is -0.843. The first-order valence-electron chi connectivity index (χ1n) is 1.29. The van der Waals surface area contributed by atoms with Gasteiger partial charge in [-0.15, -0.1) is 0 Å². The van der Waals surface area contributed by atoms with Crippen LogP contribution >= 0.6 is 0 Å². The van der Waals surface area contributed by atoms with E-state index in [0.29, 0.717) is 0 Å². The van der Waals surface area contributed by atoms with E-state index in [0.717, 1.165) is 0 Å². The van der Waals surface area contributed by atoms with E-state index in [2.05, 4.69) is 4.89 Å². The molecule has 40 valence electrons. The maximum Gasteiger partial charge on any atom is 2.00 e. The van der Waals surface area contributed by atoms with E-state index < -0.39 is 0 Å². The van der Waals surface area contributed by atoms with Crippen LogP contribution in [0.15, 0.2) is 0 Å². The van der Waals surface area contributed by atoms with Crippen molar-refractivity contribution in [3.63, 3.8) is 0 Å². The second-order valence-electron chi connectivity index (χ2n) is 0.557. The minimum absolute atomic E-state index is 0. The summed E-state index contributed by atoms with van der Waals surface area (Å²) in [6.07, 6.45) is 0. The van der Waals surface area contributed by atoms with Crippen molar-refractivity contribution in [3.05, 3.63) is 0 Å². The molecule has 0 aromatic carbocycles.